The molecule has 7 nitrogen and oxygen atoms in total. The Kier molecular flexibility index (Phi) is 5.17. The van der Waals surface area contributed by atoms with Crippen LogP contribution in [0.4, 0.5) is 0 Å². The monoisotopic (exact) mass is 407 g/mol. The predicted molar refractivity (Wildman–Crippen MR) is 95.1 cm³/mol. The molecule has 0 aliphatic carbocycles. The van der Waals surface area contributed by atoms with E-state index in [0.29, 0.717) is 23.9 Å². The molecule has 1 unspecified atom stereocenters. The maximum absolute atomic E-state index is 12.5. The van der Waals surface area contributed by atoms with Crippen molar-refractivity contribution in [3.63, 3.8) is 0 Å². The van der Waals surface area contributed by atoms with E-state index >= 15 is 0 Å². The summed E-state index contributed by atoms with van der Waals surface area (Å²) in [4.78, 5) is 42.5. The molecule has 0 bridgehead atoms. The molecule has 1 saturated heterocycles. The molecule has 1 aliphatic rings. The van der Waals surface area contributed by atoms with Crippen LogP contribution in [0.25, 0.3) is 10.9 Å². The highest BCUT2D eigenvalue weighted by Crippen LogP contribution is 2.19. The van der Waals surface area contributed by atoms with Crippen molar-refractivity contribution in [2.75, 3.05) is 13.7 Å². The lowest BCUT2D eigenvalue weighted by atomic mass is 10.2. The SMILES string of the molecule is COC(=O)C1CCCN1C(=O)CCn1cnc2ccc(Br)cc2c1=O. The van der Waals surface area contributed by atoms with Crippen LogP contribution < -0.4 is 5.56 Å². The van der Waals surface area contributed by atoms with Crippen LogP contribution in [0.3, 0.4) is 0 Å². The van der Waals surface area contributed by atoms with E-state index in [9.17, 15) is 14.4 Å². The Balaban J connectivity index is 1.74. The number of hydrogen-bond acceptors (Lipinski definition) is 5. The molecular formula is C17H18BrN3O4. The van der Waals surface area contributed by atoms with Crippen LogP contribution in [0.1, 0.15) is 19.3 Å². The standard InChI is InChI=1S/C17H18BrN3O4/c1-25-17(24)14-3-2-7-21(14)15(22)6-8-20-10-19-13-5-4-11(18)9-12(13)16(20)23/h4-5,9-10,14H,2-3,6-8H2,1H3. The number of carbonyl (C=O) groups is 2. The molecule has 1 atom stereocenters. The Bertz CT molecular complexity index is 880. The van der Waals surface area contributed by atoms with E-state index in [1.54, 1.807) is 17.0 Å². The molecule has 1 aromatic heterocycles. The van der Waals surface area contributed by atoms with Crippen LogP contribution in [-0.4, -0.2) is 46.0 Å². The van der Waals surface area contributed by atoms with Gasteiger partial charge in [0.2, 0.25) is 5.91 Å². The van der Waals surface area contributed by atoms with Gasteiger partial charge in [0.1, 0.15) is 6.04 Å². The third-order valence-electron chi connectivity index (χ3n) is 4.40. The fourth-order valence-electron chi connectivity index (χ4n) is 3.10. The second-order valence-corrected chi connectivity index (χ2v) is 6.84. The van der Waals surface area contributed by atoms with Crippen LogP contribution in [-0.2, 0) is 20.9 Å². The molecule has 0 N–H and O–H groups in total. The molecule has 3 rings (SSSR count). The summed E-state index contributed by atoms with van der Waals surface area (Å²) in [6.45, 7) is 0.758. The fraction of sp³-hybridized carbons (Fsp3) is 0.412. The lowest BCUT2D eigenvalue weighted by molar-refractivity contribution is -0.151. The summed E-state index contributed by atoms with van der Waals surface area (Å²) >= 11 is 3.34. The van der Waals surface area contributed by atoms with E-state index in [2.05, 4.69) is 20.9 Å². The van der Waals surface area contributed by atoms with Gasteiger partial charge in [0.05, 0.1) is 24.3 Å². The largest absolute Gasteiger partial charge is 0.467 e. The Morgan fingerprint density at radius 3 is 2.96 bits per heavy atom. The molecule has 2 aromatic rings. The quantitative estimate of drug-likeness (QED) is 0.720. The first-order valence-corrected chi connectivity index (χ1v) is 8.82. The van der Waals surface area contributed by atoms with E-state index in [1.807, 2.05) is 6.07 Å². The molecule has 0 radical (unpaired) electrons. The summed E-state index contributed by atoms with van der Waals surface area (Å²) in [6.07, 6.45) is 2.98. The van der Waals surface area contributed by atoms with Gasteiger partial charge in [-0.05, 0) is 31.0 Å². The smallest absolute Gasteiger partial charge is 0.328 e. The maximum Gasteiger partial charge on any atom is 0.328 e. The van der Waals surface area contributed by atoms with Gasteiger partial charge >= 0.3 is 5.97 Å². The van der Waals surface area contributed by atoms with Crippen molar-refractivity contribution in [2.24, 2.45) is 0 Å². The van der Waals surface area contributed by atoms with E-state index in [1.165, 1.54) is 18.0 Å². The van der Waals surface area contributed by atoms with Crippen LogP contribution in [0.5, 0.6) is 0 Å². The Hall–Kier alpha value is -2.22. The van der Waals surface area contributed by atoms with Gasteiger partial charge < -0.3 is 9.64 Å². The first-order chi connectivity index (χ1) is 12.0. The maximum atomic E-state index is 12.5. The molecule has 1 fully saturated rings. The van der Waals surface area contributed by atoms with Gasteiger partial charge in [-0.25, -0.2) is 9.78 Å². The Morgan fingerprint density at radius 2 is 2.20 bits per heavy atom. The number of likely N-dealkylation sites (tertiary alicyclic amines) is 1. The minimum absolute atomic E-state index is 0.134. The number of fused-ring (bicyclic) bond motifs is 1. The average Bonchev–Trinajstić information content (AvgIpc) is 3.10. The summed E-state index contributed by atoms with van der Waals surface area (Å²) in [5, 5.41) is 0.498. The first-order valence-electron chi connectivity index (χ1n) is 8.03. The van der Waals surface area contributed by atoms with Gasteiger partial charge in [-0.2, -0.15) is 0 Å². The van der Waals surface area contributed by atoms with Crippen molar-refractivity contribution in [1.82, 2.24) is 14.5 Å². The number of rotatable bonds is 4. The number of esters is 1. The highest BCUT2D eigenvalue weighted by atomic mass is 79.9. The number of ether oxygens (including phenoxy) is 1. The van der Waals surface area contributed by atoms with Crippen molar-refractivity contribution in [1.29, 1.82) is 0 Å². The second kappa shape index (κ2) is 7.35. The first kappa shape index (κ1) is 17.6. The Labute approximate surface area is 152 Å². The molecule has 0 saturated carbocycles. The van der Waals surface area contributed by atoms with Crippen LogP contribution in [0.2, 0.25) is 0 Å². The van der Waals surface area contributed by atoms with Crippen LogP contribution in [0.15, 0.2) is 33.8 Å². The number of hydrogen-bond donors (Lipinski definition) is 0. The molecule has 8 heteroatoms. The number of aryl methyl sites for hydroxylation is 1. The van der Waals surface area contributed by atoms with Crippen LogP contribution >= 0.6 is 15.9 Å². The van der Waals surface area contributed by atoms with E-state index in [-0.39, 0.29) is 30.4 Å². The molecule has 2 heterocycles. The minimum atomic E-state index is -0.514. The zero-order valence-electron chi connectivity index (χ0n) is 13.8. The topological polar surface area (TPSA) is 81.5 Å². The number of amides is 1. The molecule has 25 heavy (non-hydrogen) atoms. The zero-order valence-corrected chi connectivity index (χ0v) is 15.4. The highest BCUT2D eigenvalue weighted by molar-refractivity contribution is 9.10. The number of halogens is 1. The van der Waals surface area contributed by atoms with Gasteiger partial charge in [-0.15, -0.1) is 0 Å². The van der Waals surface area contributed by atoms with E-state index in [0.717, 1.165) is 10.9 Å². The average molecular weight is 408 g/mol. The van der Waals surface area contributed by atoms with Gasteiger partial charge in [0.15, 0.2) is 0 Å². The number of carbonyl (C=O) groups excluding carboxylic acids is 2. The number of aromatic nitrogens is 2. The fourth-order valence-corrected chi connectivity index (χ4v) is 3.46. The van der Waals surface area contributed by atoms with Crippen molar-refractivity contribution >= 4 is 38.7 Å². The van der Waals surface area contributed by atoms with E-state index < -0.39 is 6.04 Å². The third-order valence-corrected chi connectivity index (χ3v) is 4.89. The normalized spacial score (nSPS) is 17.0. The lowest BCUT2D eigenvalue weighted by Crippen LogP contribution is -2.41. The minimum Gasteiger partial charge on any atom is -0.467 e. The molecule has 1 aromatic carbocycles. The summed E-state index contributed by atoms with van der Waals surface area (Å²) in [5.74, 6) is -0.547. The predicted octanol–water partition coefficient (Wildman–Crippen LogP) is 1.71. The highest BCUT2D eigenvalue weighted by Gasteiger charge is 2.34. The van der Waals surface area contributed by atoms with Crippen molar-refractivity contribution in [2.45, 2.75) is 31.8 Å². The summed E-state index contributed by atoms with van der Waals surface area (Å²) < 4.78 is 6.98. The summed E-state index contributed by atoms with van der Waals surface area (Å²) in [5.41, 5.74) is 0.422. The van der Waals surface area contributed by atoms with Crippen LogP contribution in [0, 0.1) is 0 Å². The van der Waals surface area contributed by atoms with Crippen molar-refractivity contribution < 1.29 is 14.3 Å². The third kappa shape index (κ3) is 3.58. The Morgan fingerprint density at radius 1 is 1.40 bits per heavy atom. The summed E-state index contributed by atoms with van der Waals surface area (Å²) in [7, 11) is 1.32. The van der Waals surface area contributed by atoms with Gasteiger partial charge in [0.25, 0.3) is 5.56 Å². The number of methoxy groups -OCH3 is 1. The molecular weight excluding hydrogens is 390 g/mol. The van der Waals surface area contributed by atoms with Crippen molar-refractivity contribution in [3.05, 3.63) is 39.4 Å². The molecule has 132 valence electrons. The van der Waals surface area contributed by atoms with Gasteiger partial charge in [0, 0.05) is 24.0 Å². The molecule has 0 spiro atoms. The van der Waals surface area contributed by atoms with Gasteiger partial charge in [-0.1, -0.05) is 15.9 Å². The molecule has 1 amide bonds. The zero-order chi connectivity index (χ0) is 18.0. The molecule has 1 aliphatic heterocycles. The summed E-state index contributed by atoms with van der Waals surface area (Å²) in [6, 6.07) is 4.79. The van der Waals surface area contributed by atoms with Gasteiger partial charge in [-0.3, -0.25) is 14.2 Å². The number of benzene rings is 1. The number of nitrogens with zero attached hydrogens (tertiary/aromatic N) is 3. The van der Waals surface area contributed by atoms with E-state index in [4.69, 9.17) is 4.74 Å². The lowest BCUT2D eigenvalue weighted by Gasteiger charge is -2.22. The van der Waals surface area contributed by atoms with Crippen molar-refractivity contribution in [3.8, 4) is 0 Å². The second-order valence-electron chi connectivity index (χ2n) is 5.92.